The van der Waals surface area contributed by atoms with Crippen molar-refractivity contribution in [2.24, 2.45) is 0 Å². The summed E-state index contributed by atoms with van der Waals surface area (Å²) in [5, 5.41) is 6.41. The second-order valence-corrected chi connectivity index (χ2v) is 4.74. The first-order chi connectivity index (χ1) is 10.2. The van der Waals surface area contributed by atoms with Crippen molar-refractivity contribution in [1.29, 1.82) is 0 Å². The van der Waals surface area contributed by atoms with Crippen LogP contribution in [0.15, 0.2) is 24.3 Å². The fraction of sp³-hybridized carbons (Fsp3) is 0.429. The number of amides is 1. The van der Waals surface area contributed by atoms with Crippen molar-refractivity contribution >= 4 is 28.9 Å². The molecule has 1 aromatic rings. The molecule has 6 nitrogen and oxygen atoms in total. The molecule has 0 heterocycles. The van der Waals surface area contributed by atoms with Gasteiger partial charge in [-0.15, -0.1) is 0 Å². The SMILES string of the molecule is CCCCNC(=S)NNC(=O)CNc1ccccc1OC. The first kappa shape index (κ1) is 17.0. The molecule has 0 saturated heterocycles. The Balaban J connectivity index is 2.26. The second kappa shape index (κ2) is 9.82. The highest BCUT2D eigenvalue weighted by Gasteiger charge is 2.04. The van der Waals surface area contributed by atoms with Crippen LogP contribution in [0.1, 0.15) is 19.8 Å². The predicted molar refractivity (Wildman–Crippen MR) is 88.3 cm³/mol. The molecule has 7 heteroatoms. The standard InChI is InChI=1S/C14H22N4O2S/c1-3-4-9-15-14(21)18-17-13(19)10-16-11-7-5-6-8-12(11)20-2/h5-8,16H,3-4,9-10H2,1-2H3,(H,17,19)(H2,15,18,21). The third-order valence-electron chi connectivity index (χ3n) is 2.68. The van der Waals surface area contributed by atoms with E-state index in [-0.39, 0.29) is 12.5 Å². The van der Waals surface area contributed by atoms with Gasteiger partial charge in [-0.1, -0.05) is 25.5 Å². The van der Waals surface area contributed by atoms with Gasteiger partial charge in [0.05, 0.1) is 19.3 Å². The number of unbranched alkanes of at least 4 members (excludes halogenated alkanes) is 1. The summed E-state index contributed by atoms with van der Waals surface area (Å²) in [6.07, 6.45) is 2.12. The number of hydrogen-bond acceptors (Lipinski definition) is 4. The number of methoxy groups -OCH3 is 1. The van der Waals surface area contributed by atoms with E-state index in [0.29, 0.717) is 10.9 Å². The Morgan fingerprint density at radius 3 is 2.76 bits per heavy atom. The molecule has 0 aliphatic heterocycles. The average molecular weight is 310 g/mol. The number of para-hydroxylation sites is 2. The molecule has 1 aromatic carbocycles. The van der Waals surface area contributed by atoms with Crippen molar-refractivity contribution in [2.75, 3.05) is 25.5 Å². The van der Waals surface area contributed by atoms with Gasteiger partial charge in [0.15, 0.2) is 5.11 Å². The van der Waals surface area contributed by atoms with Crippen LogP contribution in [0, 0.1) is 0 Å². The van der Waals surface area contributed by atoms with Crippen LogP contribution in [-0.4, -0.2) is 31.2 Å². The molecule has 0 bridgehead atoms. The largest absolute Gasteiger partial charge is 0.495 e. The molecule has 1 rings (SSSR count). The Morgan fingerprint density at radius 2 is 2.05 bits per heavy atom. The average Bonchev–Trinajstić information content (AvgIpc) is 2.51. The highest BCUT2D eigenvalue weighted by atomic mass is 32.1. The number of carbonyl (C=O) groups is 1. The summed E-state index contributed by atoms with van der Waals surface area (Å²) in [5.41, 5.74) is 5.94. The highest BCUT2D eigenvalue weighted by molar-refractivity contribution is 7.80. The van der Waals surface area contributed by atoms with Crippen molar-refractivity contribution in [3.05, 3.63) is 24.3 Å². The quantitative estimate of drug-likeness (QED) is 0.347. The maximum absolute atomic E-state index is 11.7. The topological polar surface area (TPSA) is 74.4 Å². The number of ether oxygens (including phenoxy) is 1. The van der Waals surface area contributed by atoms with E-state index in [4.69, 9.17) is 17.0 Å². The highest BCUT2D eigenvalue weighted by Crippen LogP contribution is 2.22. The summed E-state index contributed by atoms with van der Waals surface area (Å²) >= 11 is 5.03. The zero-order valence-electron chi connectivity index (χ0n) is 12.4. The number of benzene rings is 1. The lowest BCUT2D eigenvalue weighted by atomic mass is 10.3. The minimum absolute atomic E-state index is 0.116. The van der Waals surface area contributed by atoms with Gasteiger partial charge >= 0.3 is 0 Å². The number of hydrogen-bond donors (Lipinski definition) is 4. The van der Waals surface area contributed by atoms with Gasteiger partial charge in [-0.05, 0) is 30.8 Å². The smallest absolute Gasteiger partial charge is 0.257 e. The zero-order valence-corrected chi connectivity index (χ0v) is 13.2. The van der Waals surface area contributed by atoms with E-state index in [0.717, 1.165) is 25.1 Å². The molecule has 0 aliphatic carbocycles. The van der Waals surface area contributed by atoms with Crippen molar-refractivity contribution in [1.82, 2.24) is 16.2 Å². The van der Waals surface area contributed by atoms with Crippen molar-refractivity contribution in [2.45, 2.75) is 19.8 Å². The Morgan fingerprint density at radius 1 is 1.29 bits per heavy atom. The lowest BCUT2D eigenvalue weighted by Gasteiger charge is -2.13. The molecule has 1 amide bonds. The Bertz CT molecular complexity index is 468. The fourth-order valence-electron chi connectivity index (χ4n) is 1.56. The molecular weight excluding hydrogens is 288 g/mol. The molecule has 0 unspecified atom stereocenters. The summed E-state index contributed by atoms with van der Waals surface area (Å²) in [5.74, 6) is 0.468. The summed E-state index contributed by atoms with van der Waals surface area (Å²) in [6.45, 7) is 3.01. The number of hydrazine groups is 1. The minimum Gasteiger partial charge on any atom is -0.495 e. The van der Waals surface area contributed by atoms with Crippen LogP contribution >= 0.6 is 12.2 Å². The number of nitrogens with one attached hydrogen (secondary N) is 4. The van der Waals surface area contributed by atoms with Crippen LogP contribution in [0.25, 0.3) is 0 Å². The van der Waals surface area contributed by atoms with E-state index in [1.54, 1.807) is 7.11 Å². The van der Waals surface area contributed by atoms with E-state index < -0.39 is 0 Å². The number of rotatable bonds is 7. The van der Waals surface area contributed by atoms with Crippen LogP contribution in [0.5, 0.6) is 5.75 Å². The van der Waals surface area contributed by atoms with Gasteiger partial charge < -0.3 is 15.4 Å². The Kier molecular flexibility index (Phi) is 7.96. The third kappa shape index (κ3) is 6.80. The number of carbonyl (C=O) groups excluding carboxylic acids is 1. The number of anilines is 1. The summed E-state index contributed by atoms with van der Waals surface area (Å²) in [4.78, 5) is 11.7. The molecule has 116 valence electrons. The first-order valence-electron chi connectivity index (χ1n) is 6.87. The lowest BCUT2D eigenvalue weighted by Crippen LogP contribution is -2.48. The third-order valence-corrected chi connectivity index (χ3v) is 2.92. The summed E-state index contributed by atoms with van der Waals surface area (Å²) < 4.78 is 5.19. The van der Waals surface area contributed by atoms with Crippen molar-refractivity contribution in [3.8, 4) is 5.75 Å². The van der Waals surface area contributed by atoms with E-state index in [1.165, 1.54) is 0 Å². The van der Waals surface area contributed by atoms with Gasteiger partial charge in [-0.25, -0.2) is 0 Å². The molecule has 0 aromatic heterocycles. The van der Waals surface area contributed by atoms with Crippen LogP contribution in [0.2, 0.25) is 0 Å². The molecule has 0 saturated carbocycles. The molecule has 0 atom stereocenters. The van der Waals surface area contributed by atoms with Crippen LogP contribution in [0.3, 0.4) is 0 Å². The van der Waals surface area contributed by atoms with E-state index in [1.807, 2.05) is 24.3 Å². The van der Waals surface area contributed by atoms with Crippen LogP contribution in [0.4, 0.5) is 5.69 Å². The molecule has 0 aliphatic rings. The fourth-order valence-corrected chi connectivity index (χ4v) is 1.71. The summed E-state index contributed by atoms with van der Waals surface area (Å²) in [7, 11) is 1.59. The second-order valence-electron chi connectivity index (χ2n) is 4.34. The van der Waals surface area contributed by atoms with Gasteiger partial charge in [0.1, 0.15) is 5.75 Å². The lowest BCUT2D eigenvalue weighted by molar-refractivity contribution is -0.119. The predicted octanol–water partition coefficient (Wildman–Crippen LogP) is 1.40. The molecule has 4 N–H and O–H groups in total. The Labute approximate surface area is 130 Å². The Hall–Kier alpha value is -2.02. The molecular formula is C14H22N4O2S. The maximum Gasteiger partial charge on any atom is 0.257 e. The monoisotopic (exact) mass is 310 g/mol. The van der Waals surface area contributed by atoms with Gasteiger partial charge in [0, 0.05) is 6.54 Å². The van der Waals surface area contributed by atoms with Gasteiger partial charge in [0.2, 0.25) is 0 Å². The number of thiocarbonyl (C=S) groups is 1. The minimum atomic E-state index is -0.222. The van der Waals surface area contributed by atoms with Gasteiger partial charge in [-0.2, -0.15) is 0 Å². The normalized spacial score (nSPS) is 9.62. The van der Waals surface area contributed by atoms with Crippen molar-refractivity contribution in [3.63, 3.8) is 0 Å². The van der Waals surface area contributed by atoms with E-state index in [2.05, 4.69) is 28.4 Å². The van der Waals surface area contributed by atoms with E-state index in [9.17, 15) is 4.79 Å². The summed E-state index contributed by atoms with van der Waals surface area (Å²) in [6, 6.07) is 7.40. The van der Waals surface area contributed by atoms with Crippen LogP contribution < -0.4 is 26.2 Å². The molecule has 0 spiro atoms. The maximum atomic E-state index is 11.7. The molecule has 0 fully saturated rings. The van der Waals surface area contributed by atoms with Crippen molar-refractivity contribution < 1.29 is 9.53 Å². The van der Waals surface area contributed by atoms with Gasteiger partial charge in [0.25, 0.3) is 5.91 Å². The first-order valence-corrected chi connectivity index (χ1v) is 7.27. The van der Waals surface area contributed by atoms with Crippen LogP contribution in [-0.2, 0) is 4.79 Å². The molecule has 0 radical (unpaired) electrons. The zero-order chi connectivity index (χ0) is 15.5. The van der Waals surface area contributed by atoms with E-state index >= 15 is 0 Å². The van der Waals surface area contributed by atoms with Gasteiger partial charge in [-0.3, -0.25) is 15.6 Å². The molecule has 21 heavy (non-hydrogen) atoms.